The first-order valence-corrected chi connectivity index (χ1v) is 9.25. The molecule has 0 heterocycles. The highest BCUT2D eigenvalue weighted by Crippen LogP contribution is 2.17. The van der Waals surface area contributed by atoms with Gasteiger partial charge in [-0.3, -0.25) is 19.2 Å². The van der Waals surface area contributed by atoms with Gasteiger partial charge in [0.05, 0.1) is 13.1 Å². The molecule has 0 spiro atoms. The molecule has 12 nitrogen and oxygen atoms in total. The van der Waals surface area contributed by atoms with Gasteiger partial charge in [-0.1, -0.05) is 0 Å². The number of rotatable bonds is 14. The molecule has 0 unspecified atom stereocenters. The van der Waals surface area contributed by atoms with E-state index in [0.29, 0.717) is 0 Å². The fourth-order valence-corrected chi connectivity index (χ4v) is 2.29. The molecule has 0 aromatic heterocycles. The minimum atomic E-state index is -1.37. The number of nitrogens with one attached hydrogen (secondary N) is 4. The Bertz CT molecular complexity index is 644. The lowest BCUT2D eigenvalue weighted by Gasteiger charge is -2.11. The highest BCUT2D eigenvalue weighted by molar-refractivity contribution is 5.98. The molecule has 0 aliphatic rings. The van der Waals surface area contributed by atoms with Gasteiger partial charge < -0.3 is 31.5 Å². The monoisotopic (exact) mass is 428 g/mol. The summed E-state index contributed by atoms with van der Waals surface area (Å²) in [6.07, 6.45) is 0.230. The van der Waals surface area contributed by atoms with Crippen LogP contribution in [0.1, 0.15) is 39.5 Å². The van der Waals surface area contributed by atoms with Gasteiger partial charge in [0.1, 0.15) is 0 Å². The highest BCUT2D eigenvalue weighted by Gasteiger charge is 2.19. The first kappa shape index (κ1) is 26.6. The zero-order valence-electron chi connectivity index (χ0n) is 17.0. The topological polar surface area (TPSA) is 191 Å². The van der Waals surface area contributed by atoms with E-state index in [-0.39, 0.29) is 74.8 Å². The SMILES string of the molecule is CC(=O)NCC(=O)NCCC/C(C(=O)O)=C(/CCCNC(=O)CNC(C)=O)C(=O)O. The van der Waals surface area contributed by atoms with Crippen LogP contribution in [0.5, 0.6) is 0 Å². The van der Waals surface area contributed by atoms with Crippen LogP contribution >= 0.6 is 0 Å². The van der Waals surface area contributed by atoms with Crippen LogP contribution < -0.4 is 21.3 Å². The molecule has 30 heavy (non-hydrogen) atoms. The predicted molar refractivity (Wildman–Crippen MR) is 104 cm³/mol. The summed E-state index contributed by atoms with van der Waals surface area (Å²) in [4.78, 5) is 67.4. The molecule has 0 aromatic rings. The summed E-state index contributed by atoms with van der Waals surface area (Å²) < 4.78 is 0. The van der Waals surface area contributed by atoms with E-state index >= 15 is 0 Å². The number of carboxylic acid groups (broad SMARTS) is 2. The lowest BCUT2D eigenvalue weighted by molar-refractivity contribution is -0.136. The Morgan fingerprint density at radius 3 is 1.20 bits per heavy atom. The van der Waals surface area contributed by atoms with Crippen molar-refractivity contribution in [2.24, 2.45) is 0 Å². The van der Waals surface area contributed by atoms with E-state index in [1.165, 1.54) is 13.8 Å². The fraction of sp³-hybridized carbons (Fsp3) is 0.556. The molecule has 6 N–H and O–H groups in total. The van der Waals surface area contributed by atoms with Gasteiger partial charge in [-0.2, -0.15) is 0 Å². The Labute approximate surface area is 173 Å². The van der Waals surface area contributed by atoms with Crippen molar-refractivity contribution in [3.8, 4) is 0 Å². The molecule has 0 aromatic carbocycles. The molecule has 0 saturated carbocycles. The summed E-state index contributed by atoms with van der Waals surface area (Å²) in [7, 11) is 0. The van der Waals surface area contributed by atoms with Crippen LogP contribution in [0.2, 0.25) is 0 Å². The Balaban J connectivity index is 4.62. The van der Waals surface area contributed by atoms with Gasteiger partial charge in [0.25, 0.3) is 0 Å². The van der Waals surface area contributed by atoms with Crippen molar-refractivity contribution in [3.05, 3.63) is 11.1 Å². The number of carbonyl (C=O) groups is 6. The number of amides is 4. The lowest BCUT2D eigenvalue weighted by atomic mass is 9.99. The second-order valence-corrected chi connectivity index (χ2v) is 6.29. The van der Waals surface area contributed by atoms with E-state index in [4.69, 9.17) is 0 Å². The van der Waals surface area contributed by atoms with E-state index < -0.39 is 23.8 Å². The minimum absolute atomic E-state index is 0.0771. The van der Waals surface area contributed by atoms with E-state index in [9.17, 15) is 39.0 Å². The van der Waals surface area contributed by atoms with Gasteiger partial charge in [-0.05, 0) is 25.7 Å². The van der Waals surface area contributed by atoms with Crippen molar-refractivity contribution in [1.82, 2.24) is 21.3 Å². The van der Waals surface area contributed by atoms with Gasteiger partial charge in [-0.15, -0.1) is 0 Å². The summed E-state index contributed by atoms with van der Waals surface area (Å²) >= 11 is 0. The second kappa shape index (κ2) is 14.5. The van der Waals surface area contributed by atoms with E-state index in [1.807, 2.05) is 0 Å². The summed E-state index contributed by atoms with van der Waals surface area (Å²) in [6.45, 7) is 2.34. The molecule has 0 radical (unpaired) electrons. The van der Waals surface area contributed by atoms with Gasteiger partial charge >= 0.3 is 11.9 Å². The van der Waals surface area contributed by atoms with Crippen LogP contribution in [0.3, 0.4) is 0 Å². The third kappa shape index (κ3) is 12.9. The average molecular weight is 428 g/mol. The van der Waals surface area contributed by atoms with Crippen molar-refractivity contribution < 1.29 is 39.0 Å². The maximum Gasteiger partial charge on any atom is 0.332 e. The molecule has 168 valence electrons. The van der Waals surface area contributed by atoms with Crippen LogP contribution in [-0.4, -0.2) is 72.0 Å². The molecule has 0 rings (SSSR count). The highest BCUT2D eigenvalue weighted by atomic mass is 16.4. The van der Waals surface area contributed by atoms with Gasteiger partial charge in [0.15, 0.2) is 0 Å². The van der Waals surface area contributed by atoms with Crippen LogP contribution in [0, 0.1) is 0 Å². The van der Waals surface area contributed by atoms with Crippen molar-refractivity contribution in [2.45, 2.75) is 39.5 Å². The quantitative estimate of drug-likeness (QED) is 0.142. The third-order valence-corrected chi connectivity index (χ3v) is 3.73. The third-order valence-electron chi connectivity index (χ3n) is 3.73. The normalized spacial score (nSPS) is 11.0. The molecule has 0 fully saturated rings. The van der Waals surface area contributed by atoms with E-state index in [1.54, 1.807) is 0 Å². The number of carboxylic acids is 2. The molecular weight excluding hydrogens is 400 g/mol. The Kier molecular flexibility index (Phi) is 12.9. The number of carbonyl (C=O) groups excluding carboxylic acids is 4. The van der Waals surface area contributed by atoms with Gasteiger partial charge in [0.2, 0.25) is 23.6 Å². The van der Waals surface area contributed by atoms with Gasteiger partial charge in [0, 0.05) is 38.1 Å². The van der Waals surface area contributed by atoms with Crippen LogP contribution in [0.4, 0.5) is 0 Å². The Morgan fingerprint density at radius 1 is 0.600 bits per heavy atom. The molecule has 0 aliphatic carbocycles. The number of aliphatic carboxylic acids is 2. The van der Waals surface area contributed by atoms with E-state index in [0.717, 1.165) is 0 Å². The molecule has 12 heteroatoms. The zero-order valence-corrected chi connectivity index (χ0v) is 17.0. The van der Waals surface area contributed by atoms with E-state index in [2.05, 4.69) is 21.3 Å². The molecule has 0 saturated heterocycles. The standard InChI is InChI=1S/C18H28N4O8/c1-11(23)21-9-15(25)19-7-3-5-13(17(27)28)14(18(29)30)6-4-8-20-16(26)10-22-12(2)24/h3-10H2,1-2H3,(H,19,25)(H,20,26)(H,21,23)(H,22,24)(H,27,28)(H,29,30)/b14-13+. The predicted octanol–water partition coefficient (Wildman–Crippen LogP) is -1.48. The summed E-state index contributed by atoms with van der Waals surface area (Å²) in [5.41, 5.74) is -0.550. The second-order valence-electron chi connectivity index (χ2n) is 6.29. The Hall–Kier alpha value is -3.44. The van der Waals surface area contributed by atoms with Crippen LogP contribution in [0.25, 0.3) is 0 Å². The van der Waals surface area contributed by atoms with Crippen molar-refractivity contribution >= 4 is 35.6 Å². The molecule has 0 aliphatic heterocycles. The molecule has 4 amide bonds. The average Bonchev–Trinajstić information content (AvgIpc) is 2.65. The summed E-state index contributed by atoms with van der Waals surface area (Å²) in [6, 6.07) is 0. The summed E-state index contributed by atoms with van der Waals surface area (Å²) in [5.74, 6) is -4.35. The van der Waals surface area contributed by atoms with Crippen molar-refractivity contribution in [2.75, 3.05) is 26.2 Å². The first-order chi connectivity index (χ1) is 14.0. The smallest absolute Gasteiger partial charge is 0.332 e. The van der Waals surface area contributed by atoms with Crippen LogP contribution in [-0.2, 0) is 28.8 Å². The largest absolute Gasteiger partial charge is 0.478 e. The fourth-order valence-electron chi connectivity index (χ4n) is 2.29. The van der Waals surface area contributed by atoms with Crippen LogP contribution in [0.15, 0.2) is 11.1 Å². The molecular formula is C18H28N4O8. The van der Waals surface area contributed by atoms with Gasteiger partial charge in [-0.25, -0.2) is 9.59 Å². The first-order valence-electron chi connectivity index (χ1n) is 9.25. The lowest BCUT2D eigenvalue weighted by Crippen LogP contribution is -2.36. The number of hydrogen-bond donors (Lipinski definition) is 6. The Morgan fingerprint density at radius 2 is 0.933 bits per heavy atom. The number of hydrogen-bond acceptors (Lipinski definition) is 6. The minimum Gasteiger partial charge on any atom is -0.478 e. The summed E-state index contributed by atoms with van der Waals surface area (Å²) in [5, 5.41) is 28.3. The van der Waals surface area contributed by atoms with Crippen molar-refractivity contribution in [3.63, 3.8) is 0 Å². The maximum atomic E-state index is 11.5. The zero-order chi connectivity index (χ0) is 23.1. The molecule has 0 atom stereocenters. The van der Waals surface area contributed by atoms with Crippen molar-refractivity contribution in [1.29, 1.82) is 0 Å². The molecule has 0 bridgehead atoms. The maximum absolute atomic E-state index is 11.5.